The molecule has 0 aliphatic carbocycles. The van der Waals surface area contributed by atoms with Crippen LogP contribution in [0.2, 0.25) is 0 Å². The third-order valence-corrected chi connectivity index (χ3v) is 6.07. The molecule has 0 amide bonds. The van der Waals surface area contributed by atoms with Crippen molar-refractivity contribution in [3.63, 3.8) is 0 Å². The molecule has 2 aromatic rings. The quantitative estimate of drug-likeness (QED) is 0.915. The molecule has 0 aromatic carbocycles. The van der Waals surface area contributed by atoms with Crippen molar-refractivity contribution in [2.24, 2.45) is 11.8 Å². The molecule has 23 heavy (non-hydrogen) atoms. The molecular weight excluding hydrogens is 306 g/mol. The minimum absolute atomic E-state index is 0.408. The van der Waals surface area contributed by atoms with Gasteiger partial charge in [0.1, 0.15) is 5.82 Å². The number of aryl methyl sites for hydroxylation is 1. The molecule has 5 heteroatoms. The van der Waals surface area contributed by atoms with Gasteiger partial charge in [-0.1, -0.05) is 6.07 Å². The molecule has 2 saturated heterocycles. The Bertz CT molecular complexity index is 645. The number of ether oxygens (including phenoxy) is 1. The fourth-order valence-corrected chi connectivity index (χ4v) is 4.64. The van der Waals surface area contributed by atoms with Crippen LogP contribution in [0.3, 0.4) is 0 Å². The summed E-state index contributed by atoms with van der Waals surface area (Å²) < 4.78 is 6.06. The highest BCUT2D eigenvalue weighted by atomic mass is 32.1. The second-order valence-electron chi connectivity index (χ2n) is 6.61. The van der Waals surface area contributed by atoms with E-state index >= 15 is 0 Å². The summed E-state index contributed by atoms with van der Waals surface area (Å²) in [6, 6.07) is 8.20. The van der Waals surface area contributed by atoms with Crippen molar-refractivity contribution in [3.8, 4) is 0 Å². The zero-order valence-electron chi connectivity index (χ0n) is 13.4. The first-order chi connectivity index (χ1) is 11.3. The van der Waals surface area contributed by atoms with E-state index in [9.17, 15) is 0 Å². The zero-order chi connectivity index (χ0) is 15.6. The van der Waals surface area contributed by atoms with Gasteiger partial charge in [0, 0.05) is 49.1 Å². The predicted molar refractivity (Wildman–Crippen MR) is 93.8 cm³/mol. The van der Waals surface area contributed by atoms with Crippen LogP contribution in [0.1, 0.15) is 10.4 Å². The number of anilines is 1. The molecule has 0 bridgehead atoms. The molecule has 4 nitrogen and oxygen atoms in total. The Hall–Kier alpha value is -1.43. The van der Waals surface area contributed by atoms with E-state index in [1.165, 1.54) is 10.4 Å². The maximum Gasteiger partial charge on any atom is 0.125 e. The van der Waals surface area contributed by atoms with Crippen LogP contribution in [0, 0.1) is 18.8 Å². The number of rotatable bonds is 5. The molecule has 122 valence electrons. The number of likely N-dealkylation sites (tertiary alicyclic amines) is 1. The van der Waals surface area contributed by atoms with Crippen LogP contribution in [0.5, 0.6) is 0 Å². The maximum atomic E-state index is 6.06. The molecular formula is C18H23N3OS. The number of nitrogens with zero attached hydrogens (tertiary/aromatic N) is 2. The minimum Gasteiger partial charge on any atom is -0.376 e. The number of hydrogen-bond donors (Lipinski definition) is 1. The Labute approximate surface area is 141 Å². The Morgan fingerprint density at radius 2 is 2.30 bits per heavy atom. The topological polar surface area (TPSA) is 37.4 Å². The van der Waals surface area contributed by atoms with Crippen molar-refractivity contribution >= 4 is 17.2 Å². The van der Waals surface area contributed by atoms with E-state index in [1.807, 2.05) is 35.7 Å². The molecule has 4 rings (SSSR count). The SMILES string of the molecule is Cc1ccsc1CN1C[C@H]2[C@@H](CNc3ccccn3)CO[C@H]2C1. The van der Waals surface area contributed by atoms with Gasteiger partial charge in [0.2, 0.25) is 0 Å². The van der Waals surface area contributed by atoms with Crippen LogP contribution in [-0.4, -0.2) is 42.2 Å². The van der Waals surface area contributed by atoms with Gasteiger partial charge in [-0.25, -0.2) is 4.98 Å². The molecule has 2 aliphatic heterocycles. The van der Waals surface area contributed by atoms with Gasteiger partial charge in [-0.05, 0) is 36.1 Å². The van der Waals surface area contributed by atoms with Crippen LogP contribution < -0.4 is 5.32 Å². The number of hydrogen-bond acceptors (Lipinski definition) is 5. The smallest absolute Gasteiger partial charge is 0.125 e. The second-order valence-corrected chi connectivity index (χ2v) is 7.61. The molecule has 0 saturated carbocycles. The van der Waals surface area contributed by atoms with Gasteiger partial charge >= 0.3 is 0 Å². The number of nitrogens with one attached hydrogen (secondary N) is 1. The molecule has 2 fully saturated rings. The lowest BCUT2D eigenvalue weighted by Gasteiger charge is -2.20. The summed E-state index contributed by atoms with van der Waals surface area (Å²) in [5.74, 6) is 2.18. The van der Waals surface area contributed by atoms with Crippen molar-refractivity contribution < 1.29 is 4.74 Å². The first kappa shape index (κ1) is 15.1. The lowest BCUT2D eigenvalue weighted by Crippen LogP contribution is -2.27. The Morgan fingerprint density at radius 1 is 1.35 bits per heavy atom. The Kier molecular flexibility index (Phi) is 4.33. The number of fused-ring (bicyclic) bond motifs is 1. The predicted octanol–water partition coefficient (Wildman–Crippen LogP) is 3.01. The normalized spacial score (nSPS) is 27.3. The highest BCUT2D eigenvalue weighted by molar-refractivity contribution is 7.10. The third-order valence-electron chi connectivity index (χ3n) is 5.06. The van der Waals surface area contributed by atoms with E-state index in [2.05, 4.69) is 33.6 Å². The zero-order valence-corrected chi connectivity index (χ0v) is 14.3. The van der Waals surface area contributed by atoms with Crippen LogP contribution >= 0.6 is 11.3 Å². The standard InChI is InChI=1S/C18H23N3OS/c1-13-5-7-23-17(13)11-21-9-15-14(12-22-16(15)10-21)8-20-18-4-2-3-6-19-18/h2-7,14-16H,8-12H2,1H3,(H,19,20)/t14-,15-,16-/m0/s1. The van der Waals surface area contributed by atoms with Crippen molar-refractivity contribution in [2.45, 2.75) is 19.6 Å². The minimum atomic E-state index is 0.408. The van der Waals surface area contributed by atoms with E-state index in [0.717, 1.165) is 38.6 Å². The Morgan fingerprint density at radius 3 is 3.09 bits per heavy atom. The largest absolute Gasteiger partial charge is 0.376 e. The van der Waals surface area contributed by atoms with Crippen LogP contribution in [0.4, 0.5) is 5.82 Å². The van der Waals surface area contributed by atoms with Crippen molar-refractivity contribution in [1.29, 1.82) is 0 Å². The van der Waals surface area contributed by atoms with E-state index in [1.54, 1.807) is 0 Å². The fourth-order valence-electron chi connectivity index (χ4n) is 3.69. The monoisotopic (exact) mass is 329 g/mol. The molecule has 1 N–H and O–H groups in total. The van der Waals surface area contributed by atoms with Gasteiger partial charge in [0.05, 0.1) is 12.7 Å². The van der Waals surface area contributed by atoms with E-state index < -0.39 is 0 Å². The van der Waals surface area contributed by atoms with E-state index in [4.69, 9.17) is 4.74 Å². The van der Waals surface area contributed by atoms with Crippen molar-refractivity contribution in [1.82, 2.24) is 9.88 Å². The van der Waals surface area contributed by atoms with Gasteiger partial charge in [-0.15, -0.1) is 11.3 Å². The average molecular weight is 329 g/mol. The molecule has 3 atom stereocenters. The molecule has 2 aliphatic rings. The van der Waals surface area contributed by atoms with Crippen LogP contribution in [-0.2, 0) is 11.3 Å². The summed E-state index contributed by atoms with van der Waals surface area (Å²) in [7, 11) is 0. The molecule has 0 unspecified atom stereocenters. The lowest BCUT2D eigenvalue weighted by atomic mass is 9.93. The summed E-state index contributed by atoms with van der Waals surface area (Å²) in [4.78, 5) is 8.39. The maximum absolute atomic E-state index is 6.06. The number of thiophene rings is 1. The average Bonchev–Trinajstić information content (AvgIpc) is 3.24. The molecule has 0 radical (unpaired) electrons. The van der Waals surface area contributed by atoms with E-state index in [0.29, 0.717) is 17.9 Å². The number of aromatic nitrogens is 1. The van der Waals surface area contributed by atoms with Crippen molar-refractivity contribution in [2.75, 3.05) is 31.6 Å². The lowest BCUT2D eigenvalue weighted by molar-refractivity contribution is 0.0947. The van der Waals surface area contributed by atoms with Gasteiger partial charge in [-0.2, -0.15) is 0 Å². The molecule has 0 spiro atoms. The first-order valence-electron chi connectivity index (χ1n) is 8.31. The van der Waals surface area contributed by atoms with E-state index in [-0.39, 0.29) is 0 Å². The summed E-state index contributed by atoms with van der Waals surface area (Å²) in [5.41, 5.74) is 1.42. The highest BCUT2D eigenvalue weighted by Gasteiger charge is 2.43. The van der Waals surface area contributed by atoms with Gasteiger partial charge < -0.3 is 10.1 Å². The summed E-state index contributed by atoms with van der Waals surface area (Å²) >= 11 is 1.87. The molecule has 4 heterocycles. The summed E-state index contributed by atoms with van der Waals surface area (Å²) in [6.45, 7) is 7.32. The summed E-state index contributed by atoms with van der Waals surface area (Å²) in [5, 5.41) is 5.65. The van der Waals surface area contributed by atoms with Crippen LogP contribution in [0.25, 0.3) is 0 Å². The molecule has 2 aromatic heterocycles. The Balaban J connectivity index is 1.33. The highest BCUT2D eigenvalue weighted by Crippen LogP contribution is 2.35. The van der Waals surface area contributed by atoms with Gasteiger partial charge in [0.15, 0.2) is 0 Å². The second kappa shape index (κ2) is 6.59. The van der Waals surface area contributed by atoms with Gasteiger partial charge in [0.25, 0.3) is 0 Å². The first-order valence-corrected chi connectivity index (χ1v) is 9.19. The van der Waals surface area contributed by atoms with Gasteiger partial charge in [-0.3, -0.25) is 4.90 Å². The third kappa shape index (κ3) is 3.27. The summed E-state index contributed by atoms with van der Waals surface area (Å²) in [6.07, 6.45) is 2.24. The van der Waals surface area contributed by atoms with Crippen LogP contribution in [0.15, 0.2) is 35.8 Å². The number of pyridine rings is 1. The van der Waals surface area contributed by atoms with Crippen molar-refractivity contribution in [3.05, 3.63) is 46.3 Å². The fraction of sp³-hybridized carbons (Fsp3) is 0.500.